The number of aryl methyl sites for hydroxylation is 1. The van der Waals surface area contributed by atoms with Crippen LogP contribution in [0.4, 0.5) is 0 Å². The first kappa shape index (κ1) is 16.7. The predicted octanol–water partition coefficient (Wildman–Crippen LogP) is 5.97. The summed E-state index contributed by atoms with van der Waals surface area (Å²) in [6.45, 7) is 4.24. The molecule has 25 heavy (non-hydrogen) atoms. The zero-order chi connectivity index (χ0) is 17.6. The molecule has 2 aliphatic rings. The van der Waals surface area contributed by atoms with Gasteiger partial charge in [-0.1, -0.05) is 66.4 Å². The molecule has 0 aromatic heterocycles. The SMILES string of the molecule is CCC[C@H]1Oc2c(Cl)cc(Cl)cc2[C@@H]2CC(c3ccc(C)cc3)=NN12. The van der Waals surface area contributed by atoms with Crippen LogP contribution in [0.2, 0.25) is 10.0 Å². The minimum Gasteiger partial charge on any atom is -0.467 e. The zero-order valence-corrected chi connectivity index (χ0v) is 15.8. The van der Waals surface area contributed by atoms with Crippen LogP contribution in [0.1, 0.15) is 48.9 Å². The summed E-state index contributed by atoms with van der Waals surface area (Å²) in [5.41, 5.74) is 4.51. The third kappa shape index (κ3) is 3.00. The van der Waals surface area contributed by atoms with Crippen molar-refractivity contribution < 1.29 is 4.74 Å². The molecule has 130 valence electrons. The van der Waals surface area contributed by atoms with Crippen LogP contribution in [-0.2, 0) is 0 Å². The lowest BCUT2D eigenvalue weighted by atomic mass is 9.96. The standard InChI is InChI=1S/C20H20Cl2N2O/c1-3-4-19-24-18(15-9-14(21)10-16(22)20(15)25-19)11-17(23-24)13-7-5-12(2)6-8-13/h5-10,18-19H,3-4,11H2,1-2H3/t18-,19+/m0/s1. The molecule has 2 aromatic carbocycles. The van der Waals surface area contributed by atoms with Gasteiger partial charge in [0.05, 0.1) is 16.8 Å². The van der Waals surface area contributed by atoms with E-state index in [1.807, 2.05) is 6.07 Å². The quantitative estimate of drug-likeness (QED) is 0.660. The summed E-state index contributed by atoms with van der Waals surface area (Å²) >= 11 is 12.7. The summed E-state index contributed by atoms with van der Waals surface area (Å²) in [5, 5.41) is 8.20. The maximum absolute atomic E-state index is 6.41. The molecule has 4 rings (SSSR count). The Balaban J connectivity index is 1.75. The topological polar surface area (TPSA) is 24.8 Å². The lowest BCUT2D eigenvalue weighted by Crippen LogP contribution is -2.40. The van der Waals surface area contributed by atoms with Gasteiger partial charge in [-0.2, -0.15) is 5.10 Å². The van der Waals surface area contributed by atoms with Gasteiger partial charge in [-0.15, -0.1) is 0 Å². The first-order chi connectivity index (χ1) is 12.1. The fraction of sp³-hybridized carbons (Fsp3) is 0.350. The number of hydrogen-bond donors (Lipinski definition) is 0. The molecule has 0 saturated heterocycles. The van der Waals surface area contributed by atoms with Crippen LogP contribution in [0.15, 0.2) is 41.5 Å². The van der Waals surface area contributed by atoms with Gasteiger partial charge >= 0.3 is 0 Å². The number of halogens is 2. The second-order valence-corrected chi connectivity index (χ2v) is 7.52. The summed E-state index contributed by atoms with van der Waals surface area (Å²) in [6.07, 6.45) is 2.66. The molecular formula is C20H20Cl2N2O. The van der Waals surface area contributed by atoms with Gasteiger partial charge in [-0.25, -0.2) is 0 Å². The van der Waals surface area contributed by atoms with Gasteiger partial charge in [0.15, 0.2) is 6.23 Å². The molecule has 0 fully saturated rings. The number of fused-ring (bicyclic) bond motifs is 3. The number of rotatable bonds is 3. The van der Waals surface area contributed by atoms with Crippen molar-refractivity contribution in [1.82, 2.24) is 5.01 Å². The second kappa shape index (κ2) is 6.54. The highest BCUT2D eigenvalue weighted by atomic mass is 35.5. The van der Waals surface area contributed by atoms with Gasteiger partial charge in [0.25, 0.3) is 0 Å². The number of hydrazone groups is 1. The van der Waals surface area contributed by atoms with E-state index in [0.717, 1.165) is 41.9 Å². The normalized spacial score (nSPS) is 21.4. The van der Waals surface area contributed by atoms with Crippen molar-refractivity contribution in [2.24, 2.45) is 5.10 Å². The molecule has 5 heteroatoms. The minimum atomic E-state index is -0.0934. The molecule has 3 nitrogen and oxygen atoms in total. The van der Waals surface area contributed by atoms with Crippen molar-refractivity contribution in [3.63, 3.8) is 0 Å². The van der Waals surface area contributed by atoms with Crippen molar-refractivity contribution in [3.8, 4) is 5.75 Å². The highest BCUT2D eigenvalue weighted by molar-refractivity contribution is 6.35. The maximum Gasteiger partial charge on any atom is 0.187 e. The monoisotopic (exact) mass is 374 g/mol. The van der Waals surface area contributed by atoms with E-state index in [1.54, 1.807) is 6.07 Å². The third-order valence-corrected chi connectivity index (χ3v) is 5.31. The molecule has 2 heterocycles. The lowest BCUT2D eigenvalue weighted by molar-refractivity contribution is -0.0222. The Morgan fingerprint density at radius 1 is 1.20 bits per heavy atom. The smallest absolute Gasteiger partial charge is 0.187 e. The minimum absolute atomic E-state index is 0.0934. The van der Waals surface area contributed by atoms with Crippen LogP contribution in [-0.4, -0.2) is 16.9 Å². The van der Waals surface area contributed by atoms with E-state index in [4.69, 9.17) is 33.0 Å². The van der Waals surface area contributed by atoms with Crippen LogP contribution >= 0.6 is 23.2 Å². The number of ether oxygens (including phenoxy) is 1. The van der Waals surface area contributed by atoms with E-state index >= 15 is 0 Å². The number of hydrogen-bond acceptors (Lipinski definition) is 3. The number of benzene rings is 2. The van der Waals surface area contributed by atoms with Crippen LogP contribution in [0, 0.1) is 6.92 Å². The molecule has 0 bridgehead atoms. The first-order valence-electron chi connectivity index (χ1n) is 8.65. The van der Waals surface area contributed by atoms with E-state index < -0.39 is 0 Å². The molecule has 0 saturated carbocycles. The largest absolute Gasteiger partial charge is 0.467 e. The van der Waals surface area contributed by atoms with E-state index in [9.17, 15) is 0 Å². The van der Waals surface area contributed by atoms with Gasteiger partial charge in [-0.3, -0.25) is 5.01 Å². The Bertz CT molecular complexity index is 832. The summed E-state index contributed by atoms with van der Waals surface area (Å²) < 4.78 is 6.20. The molecular weight excluding hydrogens is 355 g/mol. The first-order valence-corrected chi connectivity index (χ1v) is 9.41. The zero-order valence-electron chi connectivity index (χ0n) is 14.3. The van der Waals surface area contributed by atoms with E-state index in [2.05, 4.69) is 43.1 Å². The summed E-state index contributed by atoms with van der Waals surface area (Å²) in [6, 6.07) is 12.3. The predicted molar refractivity (Wildman–Crippen MR) is 103 cm³/mol. The van der Waals surface area contributed by atoms with Crippen LogP contribution in [0.3, 0.4) is 0 Å². The fourth-order valence-corrected chi connectivity index (χ4v) is 4.10. The summed E-state index contributed by atoms with van der Waals surface area (Å²) in [7, 11) is 0. The van der Waals surface area contributed by atoms with Crippen molar-refractivity contribution in [3.05, 3.63) is 63.1 Å². The van der Waals surface area contributed by atoms with Crippen molar-refractivity contribution in [2.45, 2.75) is 45.4 Å². The van der Waals surface area contributed by atoms with Gasteiger partial charge in [0.1, 0.15) is 5.75 Å². The highest BCUT2D eigenvalue weighted by Gasteiger charge is 2.40. The maximum atomic E-state index is 6.41. The van der Waals surface area contributed by atoms with E-state index in [0.29, 0.717) is 10.0 Å². The van der Waals surface area contributed by atoms with E-state index in [1.165, 1.54) is 5.56 Å². The lowest BCUT2D eigenvalue weighted by Gasteiger charge is -2.38. The second-order valence-electron chi connectivity index (χ2n) is 6.68. The molecule has 2 aromatic rings. The number of nitrogens with zero attached hydrogens (tertiary/aromatic N) is 2. The van der Waals surface area contributed by atoms with Crippen LogP contribution in [0.5, 0.6) is 5.75 Å². The van der Waals surface area contributed by atoms with Crippen molar-refractivity contribution in [1.29, 1.82) is 0 Å². The van der Waals surface area contributed by atoms with Crippen molar-refractivity contribution >= 4 is 28.9 Å². The molecule has 0 aliphatic carbocycles. The van der Waals surface area contributed by atoms with E-state index in [-0.39, 0.29) is 12.3 Å². The molecule has 0 radical (unpaired) electrons. The van der Waals surface area contributed by atoms with Gasteiger partial charge in [0, 0.05) is 23.4 Å². The molecule has 0 N–H and O–H groups in total. The Labute approximate surface area is 158 Å². The van der Waals surface area contributed by atoms with Gasteiger partial charge < -0.3 is 4.74 Å². The van der Waals surface area contributed by atoms with Gasteiger partial charge in [-0.05, 0) is 24.6 Å². The Morgan fingerprint density at radius 2 is 1.96 bits per heavy atom. The molecule has 2 aliphatic heterocycles. The summed E-state index contributed by atoms with van der Waals surface area (Å²) in [4.78, 5) is 0. The summed E-state index contributed by atoms with van der Waals surface area (Å²) in [5.74, 6) is 0.756. The van der Waals surface area contributed by atoms with Gasteiger partial charge in [0.2, 0.25) is 0 Å². The van der Waals surface area contributed by atoms with Crippen LogP contribution < -0.4 is 4.74 Å². The Morgan fingerprint density at radius 3 is 2.68 bits per heavy atom. The molecule has 0 amide bonds. The third-order valence-electron chi connectivity index (χ3n) is 4.81. The molecule has 2 atom stereocenters. The average molecular weight is 375 g/mol. The molecule has 0 unspecified atom stereocenters. The van der Waals surface area contributed by atoms with Crippen LogP contribution in [0.25, 0.3) is 0 Å². The van der Waals surface area contributed by atoms with Crippen molar-refractivity contribution in [2.75, 3.05) is 0 Å². The molecule has 0 spiro atoms. The fourth-order valence-electron chi connectivity index (χ4n) is 3.55. The Hall–Kier alpha value is -1.71. The Kier molecular flexibility index (Phi) is 4.38. The average Bonchev–Trinajstić information content (AvgIpc) is 3.02. The highest BCUT2D eigenvalue weighted by Crippen LogP contribution is 2.47.